The number of aromatic nitrogens is 2. The normalized spacial score (nSPS) is 10.9. The Bertz CT molecular complexity index is 258. The van der Waals surface area contributed by atoms with Gasteiger partial charge in [-0.2, -0.15) is 0 Å². The number of carboxylic acids is 2. The van der Waals surface area contributed by atoms with Gasteiger partial charge in [0.25, 0.3) is 0 Å². The molecule has 6 nitrogen and oxygen atoms in total. The van der Waals surface area contributed by atoms with Crippen LogP contribution in [-0.4, -0.2) is 26.9 Å². The van der Waals surface area contributed by atoms with E-state index in [9.17, 15) is 14.7 Å². The van der Waals surface area contributed by atoms with E-state index in [-0.39, 0.29) is 0 Å². The lowest BCUT2D eigenvalue weighted by Crippen LogP contribution is -2.33. The Morgan fingerprint density at radius 2 is 2.29 bits per heavy atom. The zero-order valence-corrected chi connectivity index (χ0v) is 8.65. The Balaban J connectivity index is 0.000000280. The molecule has 0 aliphatic heterocycles. The van der Waals surface area contributed by atoms with E-state index in [1.165, 1.54) is 0 Å². The molecule has 0 spiro atoms. The maximum Gasteiger partial charge on any atom is 0.304 e. The van der Waals surface area contributed by atoms with Crippen LogP contribution in [0.25, 0.3) is 0 Å². The lowest BCUT2D eigenvalue weighted by Gasteiger charge is -2.05. The van der Waals surface area contributed by atoms with E-state index in [0.717, 1.165) is 0 Å². The summed E-state index contributed by atoms with van der Waals surface area (Å²) in [7, 11) is 0. The van der Waals surface area contributed by atoms with E-state index in [4.69, 9.17) is 5.11 Å². The number of hydrogen-bond acceptors (Lipinski definition) is 3. The summed E-state index contributed by atoms with van der Waals surface area (Å²) in [4.78, 5) is 24.1. The van der Waals surface area contributed by atoms with Gasteiger partial charge in [-0.3, -0.25) is 14.8 Å². The second-order valence-electron chi connectivity index (χ2n) is 2.20. The van der Waals surface area contributed by atoms with Gasteiger partial charge in [-0.25, -0.2) is 0 Å². The highest BCUT2D eigenvalue weighted by Crippen LogP contribution is 2.02. The average molecular weight is 265 g/mol. The monoisotopic (exact) mass is 264 g/mol. The molecule has 0 bridgehead atoms. The van der Waals surface area contributed by atoms with Crippen molar-refractivity contribution in [3.8, 4) is 0 Å². The molecule has 1 atom stereocenters. The molecule has 1 rings (SSSR count). The summed E-state index contributed by atoms with van der Waals surface area (Å²) < 4.78 is 0. The minimum absolute atomic E-state index is 0.456. The molecule has 3 N–H and O–H groups in total. The molecule has 0 aromatic carbocycles. The summed E-state index contributed by atoms with van der Waals surface area (Å²) in [5.41, 5.74) is 0. The molecule has 1 heterocycles. The Morgan fingerprint density at radius 3 is 2.43 bits per heavy atom. The van der Waals surface area contributed by atoms with Gasteiger partial charge in [0, 0.05) is 0 Å². The predicted molar refractivity (Wildman–Crippen MR) is 47.3 cm³/mol. The van der Waals surface area contributed by atoms with Crippen molar-refractivity contribution in [3.05, 3.63) is 18.7 Å². The third-order valence-electron chi connectivity index (χ3n) is 1.05. The highest BCUT2D eigenvalue weighted by Gasteiger charge is 2.08. The first-order valence-electron chi connectivity index (χ1n) is 3.59. The number of carbonyl (C=O) groups excluding carboxylic acids is 1. The summed E-state index contributed by atoms with van der Waals surface area (Å²) >= 11 is 2.60. The minimum Gasteiger partial charge on any atom is -0.549 e. The van der Waals surface area contributed by atoms with Crippen molar-refractivity contribution in [1.82, 2.24) is 4.98 Å². The number of halogens is 1. The van der Waals surface area contributed by atoms with Crippen molar-refractivity contribution in [1.29, 1.82) is 0 Å². The fourth-order valence-electron chi connectivity index (χ4n) is 0.477. The number of aliphatic carboxylic acids is 2. The second-order valence-corrected chi connectivity index (χ2v) is 3.30. The number of imidazole rings is 1. The smallest absolute Gasteiger partial charge is 0.304 e. The number of aromatic amines is 2. The van der Waals surface area contributed by atoms with Crippen LogP contribution in [0, 0.1) is 0 Å². The molecule has 0 aliphatic rings. The molecular weight excluding hydrogens is 256 g/mol. The van der Waals surface area contributed by atoms with Crippen LogP contribution in [0.1, 0.15) is 6.42 Å². The zero-order valence-electron chi connectivity index (χ0n) is 7.07. The van der Waals surface area contributed by atoms with Gasteiger partial charge in [0.15, 0.2) is 0 Å². The first-order chi connectivity index (χ1) is 6.54. The molecule has 1 aromatic heterocycles. The van der Waals surface area contributed by atoms with Crippen molar-refractivity contribution in [2.45, 2.75) is 11.2 Å². The molecule has 0 fully saturated rings. The van der Waals surface area contributed by atoms with E-state index in [0.29, 0.717) is 0 Å². The van der Waals surface area contributed by atoms with Crippen LogP contribution in [0.4, 0.5) is 0 Å². The number of hydrogen-bond donors (Lipinski definition) is 2. The van der Waals surface area contributed by atoms with Crippen LogP contribution in [0.2, 0.25) is 0 Å². The number of H-pyrrole nitrogens is 2. The summed E-state index contributed by atoms with van der Waals surface area (Å²) in [5, 5.41) is 17.8. The number of carboxylic acid groups (broad SMARTS) is 2. The second kappa shape index (κ2) is 7.07. The third kappa shape index (κ3) is 7.29. The zero-order chi connectivity index (χ0) is 11.0. The molecular formula is C7H9BrN2O4. The van der Waals surface area contributed by atoms with Gasteiger partial charge in [0.2, 0.25) is 6.33 Å². The highest BCUT2D eigenvalue weighted by molar-refractivity contribution is 9.10. The molecule has 0 aliphatic carbocycles. The summed E-state index contributed by atoms with van der Waals surface area (Å²) in [6, 6.07) is 0. The molecule has 1 aromatic rings. The molecule has 0 radical (unpaired) electrons. The molecule has 0 saturated heterocycles. The largest absolute Gasteiger partial charge is 0.549 e. The van der Waals surface area contributed by atoms with Crippen LogP contribution in [0.3, 0.4) is 0 Å². The van der Waals surface area contributed by atoms with E-state index in [1.54, 1.807) is 6.33 Å². The average Bonchev–Trinajstić information content (AvgIpc) is 2.59. The molecule has 14 heavy (non-hydrogen) atoms. The van der Waals surface area contributed by atoms with Crippen molar-refractivity contribution >= 4 is 27.9 Å². The minimum atomic E-state index is -1.41. The standard InChI is InChI=1S/C4H5BrO4.C3H4N2/c5-2(4(8)9)1-3(6)7;1-2-5-3-4-1/h2H,1H2,(H,6,7)(H,8,9);1-3H,(H,4,5)/t2-;/m0./s1. The summed E-state index contributed by atoms with van der Waals surface area (Å²) in [6.45, 7) is 0. The summed E-state index contributed by atoms with van der Waals surface area (Å²) in [6.07, 6.45) is 4.93. The number of alkyl halides is 1. The van der Waals surface area contributed by atoms with Gasteiger partial charge in [-0.1, -0.05) is 15.9 Å². The van der Waals surface area contributed by atoms with Crippen molar-refractivity contribution in [2.75, 3.05) is 0 Å². The van der Waals surface area contributed by atoms with Crippen LogP contribution >= 0.6 is 15.9 Å². The Morgan fingerprint density at radius 1 is 1.64 bits per heavy atom. The summed E-state index contributed by atoms with van der Waals surface area (Å²) in [5.74, 6) is -2.57. The molecule has 78 valence electrons. The lowest BCUT2D eigenvalue weighted by atomic mass is 10.3. The molecule has 0 amide bonds. The number of carbonyl (C=O) groups is 2. The lowest BCUT2D eigenvalue weighted by molar-refractivity contribution is -0.375. The highest BCUT2D eigenvalue weighted by atomic mass is 79.9. The van der Waals surface area contributed by atoms with E-state index in [1.807, 2.05) is 12.4 Å². The maximum atomic E-state index is 9.81. The molecule has 0 unspecified atom stereocenters. The Labute approximate surface area is 88.1 Å². The van der Waals surface area contributed by atoms with Gasteiger partial charge >= 0.3 is 5.97 Å². The van der Waals surface area contributed by atoms with E-state index >= 15 is 0 Å². The molecule has 7 heteroatoms. The first kappa shape index (κ1) is 12.6. The van der Waals surface area contributed by atoms with Crippen molar-refractivity contribution < 1.29 is 24.8 Å². The van der Waals surface area contributed by atoms with Gasteiger partial charge in [-0.05, 0) is 0 Å². The predicted octanol–water partition coefficient (Wildman–Crippen LogP) is -1.20. The number of rotatable bonds is 3. The fraction of sp³-hybridized carbons (Fsp3) is 0.286. The van der Waals surface area contributed by atoms with Crippen LogP contribution in [0.15, 0.2) is 18.7 Å². The van der Waals surface area contributed by atoms with Crippen molar-refractivity contribution in [3.63, 3.8) is 0 Å². The van der Waals surface area contributed by atoms with Crippen LogP contribution < -0.4 is 10.1 Å². The number of nitrogens with one attached hydrogen (secondary N) is 2. The van der Waals surface area contributed by atoms with Crippen LogP contribution in [0.5, 0.6) is 0 Å². The topological polar surface area (TPSA) is 107 Å². The van der Waals surface area contributed by atoms with Gasteiger partial charge in [0.1, 0.15) is 12.4 Å². The van der Waals surface area contributed by atoms with Crippen molar-refractivity contribution in [2.24, 2.45) is 0 Å². The Hall–Kier alpha value is -1.37. The van der Waals surface area contributed by atoms with E-state index in [2.05, 4.69) is 25.9 Å². The van der Waals surface area contributed by atoms with Crippen LogP contribution in [-0.2, 0) is 9.59 Å². The maximum absolute atomic E-state index is 9.81. The first-order valence-corrected chi connectivity index (χ1v) is 4.51. The Kier molecular flexibility index (Phi) is 6.38. The van der Waals surface area contributed by atoms with Gasteiger partial charge < -0.3 is 15.0 Å². The third-order valence-corrected chi connectivity index (χ3v) is 1.75. The van der Waals surface area contributed by atoms with E-state index < -0.39 is 23.2 Å². The SMILES string of the molecule is O=C(O)C[C@H](Br)C(=O)[O-].c1c[nH+]c[nH]1. The quantitative estimate of drug-likeness (QED) is 0.669. The molecule has 0 saturated carbocycles. The van der Waals surface area contributed by atoms with Gasteiger partial charge in [-0.15, -0.1) is 0 Å². The fourth-order valence-corrected chi connectivity index (χ4v) is 0.754. The van der Waals surface area contributed by atoms with Gasteiger partial charge in [0.05, 0.1) is 17.2 Å².